The minimum atomic E-state index is -0.266. The number of anilines is 2. The summed E-state index contributed by atoms with van der Waals surface area (Å²) in [6.07, 6.45) is 0. The van der Waals surface area contributed by atoms with E-state index < -0.39 is 0 Å². The lowest BCUT2D eigenvalue weighted by Gasteiger charge is -2.16. The fourth-order valence-corrected chi connectivity index (χ4v) is 5.44. The van der Waals surface area contributed by atoms with E-state index in [-0.39, 0.29) is 12.5 Å². The molecule has 0 radical (unpaired) electrons. The highest BCUT2D eigenvalue weighted by Crippen LogP contribution is 2.35. The number of nitrogens with zero attached hydrogens (tertiary/aromatic N) is 1. The van der Waals surface area contributed by atoms with E-state index >= 15 is 0 Å². The van der Waals surface area contributed by atoms with Crippen molar-refractivity contribution < 1.29 is 14.3 Å². The van der Waals surface area contributed by atoms with Gasteiger partial charge in [0.25, 0.3) is 5.91 Å². The third-order valence-corrected chi connectivity index (χ3v) is 7.68. The maximum Gasteiger partial charge on any atom is 0.262 e. The summed E-state index contributed by atoms with van der Waals surface area (Å²) in [4.78, 5) is 17.2. The van der Waals surface area contributed by atoms with Crippen LogP contribution in [0, 0.1) is 13.8 Å². The standard InChI is InChI=1S/C32H30ClN3O3S/c1-4-38-28-16-23(26(33)17-29(28)39-19-31(37)35-25-10-5-20(2)6-11-25)18-34-24-12-8-22(9-13-24)32-36-27-14-7-21(3)15-30(27)40-32/h5-17,34H,4,18-19H2,1-3H3,(H,35,37). The predicted molar refractivity (Wildman–Crippen MR) is 165 cm³/mol. The first-order chi connectivity index (χ1) is 19.4. The van der Waals surface area contributed by atoms with Gasteiger partial charge in [0, 0.05) is 34.6 Å². The van der Waals surface area contributed by atoms with Crippen molar-refractivity contribution in [3.63, 3.8) is 0 Å². The molecule has 1 aromatic heterocycles. The van der Waals surface area contributed by atoms with Crippen molar-refractivity contribution in [3.8, 4) is 22.1 Å². The molecule has 6 nitrogen and oxygen atoms in total. The van der Waals surface area contributed by atoms with Crippen LogP contribution in [0.3, 0.4) is 0 Å². The highest BCUT2D eigenvalue weighted by molar-refractivity contribution is 7.21. The molecular weight excluding hydrogens is 542 g/mol. The van der Waals surface area contributed by atoms with Crippen LogP contribution in [0.5, 0.6) is 11.5 Å². The van der Waals surface area contributed by atoms with Crippen LogP contribution in [-0.4, -0.2) is 24.1 Å². The first-order valence-corrected chi connectivity index (χ1v) is 14.2. The average Bonchev–Trinajstić information content (AvgIpc) is 3.37. The van der Waals surface area contributed by atoms with E-state index in [9.17, 15) is 4.79 Å². The van der Waals surface area contributed by atoms with Crippen molar-refractivity contribution in [1.82, 2.24) is 4.98 Å². The molecule has 5 aromatic rings. The van der Waals surface area contributed by atoms with Gasteiger partial charge >= 0.3 is 0 Å². The molecule has 0 aliphatic carbocycles. The highest BCUT2D eigenvalue weighted by Gasteiger charge is 2.14. The SMILES string of the molecule is CCOc1cc(CNc2ccc(-c3nc4ccc(C)cc4s3)cc2)c(Cl)cc1OCC(=O)Nc1ccc(C)cc1. The minimum absolute atomic E-state index is 0.164. The van der Waals surface area contributed by atoms with Crippen molar-refractivity contribution >= 4 is 50.4 Å². The summed E-state index contributed by atoms with van der Waals surface area (Å²) < 4.78 is 12.8. The minimum Gasteiger partial charge on any atom is -0.490 e. The second kappa shape index (κ2) is 12.4. The quantitative estimate of drug-likeness (QED) is 0.176. The van der Waals surface area contributed by atoms with Crippen LogP contribution in [0.4, 0.5) is 11.4 Å². The summed E-state index contributed by atoms with van der Waals surface area (Å²) in [6, 6.07) is 25.7. The third kappa shape index (κ3) is 6.73. The monoisotopic (exact) mass is 571 g/mol. The number of aromatic nitrogens is 1. The van der Waals surface area contributed by atoms with Gasteiger partial charge in [0.1, 0.15) is 5.01 Å². The molecule has 4 aromatic carbocycles. The summed E-state index contributed by atoms with van der Waals surface area (Å²) in [5.41, 5.74) is 6.98. The number of fused-ring (bicyclic) bond motifs is 1. The van der Waals surface area contributed by atoms with E-state index in [1.54, 1.807) is 17.4 Å². The number of thiazole rings is 1. The van der Waals surface area contributed by atoms with Crippen molar-refractivity contribution in [2.75, 3.05) is 23.8 Å². The molecule has 2 N–H and O–H groups in total. The molecule has 0 aliphatic rings. The van der Waals surface area contributed by atoms with Gasteiger partial charge in [-0.15, -0.1) is 11.3 Å². The molecule has 0 aliphatic heterocycles. The number of carbonyl (C=O) groups excluding carboxylic acids is 1. The average molecular weight is 572 g/mol. The molecule has 0 fully saturated rings. The molecule has 0 spiro atoms. The molecule has 0 bridgehead atoms. The lowest BCUT2D eigenvalue weighted by molar-refractivity contribution is -0.118. The molecule has 5 rings (SSSR count). The third-order valence-electron chi connectivity index (χ3n) is 6.27. The zero-order chi connectivity index (χ0) is 28.1. The molecule has 204 valence electrons. The summed E-state index contributed by atoms with van der Waals surface area (Å²) >= 11 is 8.30. The Labute approximate surface area is 242 Å². The Morgan fingerprint density at radius 2 is 1.57 bits per heavy atom. The number of carbonyl (C=O) groups is 1. The maximum atomic E-state index is 12.4. The number of nitrogens with one attached hydrogen (secondary N) is 2. The predicted octanol–water partition coefficient (Wildman–Crippen LogP) is 8.26. The summed E-state index contributed by atoms with van der Waals surface area (Å²) in [5.74, 6) is 0.691. The lowest BCUT2D eigenvalue weighted by atomic mass is 10.1. The highest BCUT2D eigenvalue weighted by atomic mass is 35.5. The number of hydrogen-bond donors (Lipinski definition) is 2. The molecule has 40 heavy (non-hydrogen) atoms. The number of amides is 1. The number of benzene rings is 4. The Bertz CT molecular complexity index is 1630. The van der Waals surface area contributed by atoms with Gasteiger partial charge in [-0.3, -0.25) is 4.79 Å². The van der Waals surface area contributed by atoms with Crippen LogP contribution in [0.1, 0.15) is 23.6 Å². The second-order valence-corrected chi connectivity index (χ2v) is 10.9. The summed E-state index contributed by atoms with van der Waals surface area (Å²) in [7, 11) is 0. The van der Waals surface area contributed by atoms with Gasteiger partial charge in [-0.1, -0.05) is 35.4 Å². The molecule has 0 atom stereocenters. The molecule has 0 unspecified atom stereocenters. The largest absolute Gasteiger partial charge is 0.490 e. The van der Waals surface area contributed by atoms with Gasteiger partial charge in [0.15, 0.2) is 18.1 Å². The smallest absolute Gasteiger partial charge is 0.262 e. The Kier molecular flexibility index (Phi) is 8.53. The Morgan fingerprint density at radius 1 is 0.875 bits per heavy atom. The lowest BCUT2D eigenvalue weighted by Crippen LogP contribution is -2.20. The van der Waals surface area contributed by atoms with E-state index in [2.05, 4.69) is 47.9 Å². The van der Waals surface area contributed by atoms with Gasteiger partial charge in [0.05, 0.1) is 16.8 Å². The van der Waals surface area contributed by atoms with E-state index in [0.717, 1.165) is 32.9 Å². The molecule has 0 saturated carbocycles. The van der Waals surface area contributed by atoms with Crippen molar-refractivity contribution in [1.29, 1.82) is 0 Å². The molecule has 0 saturated heterocycles. The summed E-state index contributed by atoms with van der Waals surface area (Å²) in [5, 5.41) is 7.77. The van der Waals surface area contributed by atoms with Crippen LogP contribution in [-0.2, 0) is 11.3 Å². The number of aryl methyl sites for hydroxylation is 2. The molecular formula is C32H30ClN3O3S. The van der Waals surface area contributed by atoms with E-state index in [1.807, 2.05) is 56.3 Å². The van der Waals surface area contributed by atoms with Crippen LogP contribution < -0.4 is 20.1 Å². The van der Waals surface area contributed by atoms with Gasteiger partial charge in [0.2, 0.25) is 0 Å². The van der Waals surface area contributed by atoms with Crippen molar-refractivity contribution in [2.24, 2.45) is 0 Å². The molecule has 8 heteroatoms. The molecule has 1 heterocycles. The van der Waals surface area contributed by atoms with Crippen LogP contribution in [0.25, 0.3) is 20.8 Å². The van der Waals surface area contributed by atoms with Gasteiger partial charge < -0.3 is 20.1 Å². The molecule has 1 amide bonds. The Morgan fingerprint density at radius 3 is 2.33 bits per heavy atom. The summed E-state index contributed by atoms with van der Waals surface area (Å²) in [6.45, 7) is 6.77. The van der Waals surface area contributed by atoms with Gasteiger partial charge in [-0.05, 0) is 86.5 Å². The Hall–Kier alpha value is -4.07. The van der Waals surface area contributed by atoms with Crippen molar-refractivity contribution in [2.45, 2.75) is 27.3 Å². The fraction of sp³-hybridized carbons (Fsp3) is 0.188. The van der Waals surface area contributed by atoms with Crippen LogP contribution in [0.2, 0.25) is 5.02 Å². The first-order valence-electron chi connectivity index (χ1n) is 13.0. The Balaban J connectivity index is 1.22. The van der Waals surface area contributed by atoms with Gasteiger partial charge in [-0.25, -0.2) is 4.98 Å². The van der Waals surface area contributed by atoms with E-state index in [1.165, 1.54) is 10.3 Å². The topological polar surface area (TPSA) is 72.5 Å². The van der Waals surface area contributed by atoms with E-state index in [0.29, 0.717) is 35.4 Å². The maximum absolute atomic E-state index is 12.4. The zero-order valence-corrected chi connectivity index (χ0v) is 24.2. The van der Waals surface area contributed by atoms with E-state index in [4.69, 9.17) is 26.1 Å². The second-order valence-electron chi connectivity index (χ2n) is 9.45. The number of halogens is 1. The number of ether oxygens (including phenoxy) is 2. The van der Waals surface area contributed by atoms with Crippen molar-refractivity contribution in [3.05, 3.63) is 101 Å². The zero-order valence-electron chi connectivity index (χ0n) is 22.6. The fourth-order valence-electron chi connectivity index (χ4n) is 4.15. The first kappa shape index (κ1) is 27.5. The van der Waals surface area contributed by atoms with Gasteiger partial charge in [-0.2, -0.15) is 0 Å². The normalized spacial score (nSPS) is 10.9. The van der Waals surface area contributed by atoms with Crippen LogP contribution in [0.15, 0.2) is 78.9 Å². The number of hydrogen-bond acceptors (Lipinski definition) is 6. The number of rotatable bonds is 10. The van der Waals surface area contributed by atoms with Crippen LogP contribution >= 0.6 is 22.9 Å².